The maximum absolute atomic E-state index is 10.9. The third-order valence-electron chi connectivity index (χ3n) is 1.28. The lowest BCUT2D eigenvalue weighted by Gasteiger charge is -2.11. The van der Waals surface area contributed by atoms with E-state index in [-0.39, 0.29) is 10.8 Å². The summed E-state index contributed by atoms with van der Waals surface area (Å²) in [5.41, 5.74) is 0. The Labute approximate surface area is 70.0 Å². The fourth-order valence-corrected chi connectivity index (χ4v) is 0.766. The molecule has 1 unspecified atom stereocenters. The molecule has 0 radical (unpaired) electrons. The molecule has 6 heteroatoms. The second-order valence-corrected chi connectivity index (χ2v) is 2.59. The van der Waals surface area contributed by atoms with E-state index in [1.165, 1.54) is 7.11 Å². The highest BCUT2D eigenvalue weighted by molar-refractivity contribution is 5.72. The minimum atomic E-state index is -1.21. The van der Waals surface area contributed by atoms with Crippen LogP contribution in [0.2, 0.25) is 0 Å². The van der Waals surface area contributed by atoms with E-state index in [1.807, 2.05) is 0 Å². The standard InChI is InChI=1S/C6H12N2O4/c1-4(2)5(6(9)10)8(11)7-12-3/h4-5H,1-3H3,(H,9,10)/b8-7-. The Morgan fingerprint density at radius 2 is 2.17 bits per heavy atom. The Bertz CT molecular complexity index is 190. The third-order valence-corrected chi connectivity index (χ3v) is 1.28. The summed E-state index contributed by atoms with van der Waals surface area (Å²) in [6, 6.07) is -1.19. The molecule has 0 heterocycles. The maximum Gasteiger partial charge on any atom is 0.377 e. The van der Waals surface area contributed by atoms with Crippen LogP contribution in [0, 0.1) is 11.1 Å². The molecule has 0 aliphatic rings. The second-order valence-electron chi connectivity index (χ2n) is 2.59. The number of hydrogen-bond donors (Lipinski definition) is 1. The third kappa shape index (κ3) is 2.73. The van der Waals surface area contributed by atoms with Crippen molar-refractivity contribution in [2.24, 2.45) is 11.2 Å². The highest BCUT2D eigenvalue weighted by Crippen LogP contribution is 2.06. The molecule has 0 amide bonds. The first-order chi connectivity index (χ1) is 5.50. The number of carboxylic acid groups (broad SMARTS) is 1. The van der Waals surface area contributed by atoms with E-state index in [1.54, 1.807) is 13.8 Å². The van der Waals surface area contributed by atoms with Gasteiger partial charge < -0.3 is 15.2 Å². The topological polar surface area (TPSA) is 85.0 Å². The molecule has 0 aliphatic heterocycles. The molecule has 12 heavy (non-hydrogen) atoms. The Hall–Kier alpha value is -1.33. The molecular weight excluding hydrogens is 164 g/mol. The lowest BCUT2D eigenvalue weighted by Crippen LogP contribution is -2.34. The number of hydroxylamine groups is 1. The van der Waals surface area contributed by atoms with E-state index in [9.17, 15) is 10.0 Å². The molecule has 0 bridgehead atoms. The van der Waals surface area contributed by atoms with Crippen LogP contribution in [0.3, 0.4) is 0 Å². The van der Waals surface area contributed by atoms with Gasteiger partial charge in [-0.2, -0.15) is 0 Å². The van der Waals surface area contributed by atoms with Gasteiger partial charge in [0.15, 0.2) is 0 Å². The van der Waals surface area contributed by atoms with Crippen LogP contribution in [0.1, 0.15) is 13.8 Å². The molecule has 70 valence electrons. The SMILES string of the molecule is CO/N=[N+](\[O-])C(C(=O)O)C(C)C. The van der Waals surface area contributed by atoms with Crippen LogP contribution in [0.4, 0.5) is 0 Å². The summed E-state index contributed by atoms with van der Waals surface area (Å²) in [6.07, 6.45) is 0. The first kappa shape index (κ1) is 10.7. The fraction of sp³-hybridized carbons (Fsp3) is 0.833. The van der Waals surface area contributed by atoms with Crippen molar-refractivity contribution < 1.29 is 19.6 Å². The first-order valence-electron chi connectivity index (χ1n) is 3.44. The van der Waals surface area contributed by atoms with Crippen LogP contribution in [0.5, 0.6) is 0 Å². The fourth-order valence-electron chi connectivity index (χ4n) is 0.766. The van der Waals surface area contributed by atoms with Crippen molar-refractivity contribution in [3.63, 3.8) is 0 Å². The summed E-state index contributed by atoms with van der Waals surface area (Å²) in [4.78, 5) is 14.7. The Morgan fingerprint density at radius 1 is 1.67 bits per heavy atom. The van der Waals surface area contributed by atoms with Crippen LogP contribution in [0.25, 0.3) is 0 Å². The van der Waals surface area contributed by atoms with Gasteiger partial charge in [0.05, 0.1) is 0 Å². The lowest BCUT2D eigenvalue weighted by molar-refractivity contribution is -0.588. The zero-order valence-electron chi connectivity index (χ0n) is 7.22. The average molecular weight is 176 g/mol. The van der Waals surface area contributed by atoms with Crippen molar-refractivity contribution >= 4 is 5.97 Å². The Morgan fingerprint density at radius 3 is 2.42 bits per heavy atom. The molecule has 1 N–H and O–H groups in total. The number of carboxylic acids is 1. The van der Waals surface area contributed by atoms with Gasteiger partial charge in [0.1, 0.15) is 7.11 Å². The van der Waals surface area contributed by atoms with Gasteiger partial charge >= 0.3 is 5.97 Å². The van der Waals surface area contributed by atoms with E-state index in [4.69, 9.17) is 5.11 Å². The smallest absolute Gasteiger partial charge is 0.377 e. The van der Waals surface area contributed by atoms with Crippen molar-refractivity contribution in [2.45, 2.75) is 19.9 Å². The summed E-state index contributed by atoms with van der Waals surface area (Å²) in [5.74, 6) is -1.53. The summed E-state index contributed by atoms with van der Waals surface area (Å²) in [7, 11) is 1.18. The Balaban J connectivity index is 4.51. The lowest BCUT2D eigenvalue weighted by atomic mass is 10.1. The molecule has 6 nitrogen and oxygen atoms in total. The summed E-state index contributed by atoms with van der Waals surface area (Å²) >= 11 is 0. The van der Waals surface area contributed by atoms with E-state index in [0.717, 1.165) is 0 Å². The number of aliphatic carboxylic acids is 1. The van der Waals surface area contributed by atoms with Gasteiger partial charge in [0.2, 0.25) is 5.28 Å². The van der Waals surface area contributed by atoms with Gasteiger partial charge in [-0.1, -0.05) is 13.8 Å². The number of rotatable bonds is 4. The highest BCUT2D eigenvalue weighted by atomic mass is 16.7. The van der Waals surface area contributed by atoms with Crippen LogP contribution >= 0.6 is 0 Å². The number of carbonyl (C=O) groups is 1. The molecule has 0 saturated carbocycles. The predicted octanol–water partition coefficient (Wildman–Crippen LogP) is 0.619. The molecule has 0 rings (SSSR count). The van der Waals surface area contributed by atoms with Crippen LogP contribution in [-0.4, -0.2) is 29.1 Å². The van der Waals surface area contributed by atoms with E-state index in [0.29, 0.717) is 0 Å². The van der Waals surface area contributed by atoms with Crippen LogP contribution < -0.4 is 0 Å². The van der Waals surface area contributed by atoms with Gasteiger partial charge in [-0.05, 0) is 4.86 Å². The minimum Gasteiger partial charge on any atom is -0.597 e. The van der Waals surface area contributed by atoms with Crippen molar-refractivity contribution in [3.8, 4) is 0 Å². The predicted molar refractivity (Wildman–Crippen MR) is 39.3 cm³/mol. The van der Waals surface area contributed by atoms with Crippen LogP contribution in [-0.2, 0) is 9.63 Å². The number of nitrogens with zero attached hydrogens (tertiary/aromatic N) is 2. The monoisotopic (exact) mass is 176 g/mol. The first-order valence-corrected chi connectivity index (χ1v) is 3.44. The largest absolute Gasteiger partial charge is 0.597 e. The van der Waals surface area contributed by atoms with E-state index in [2.05, 4.69) is 10.1 Å². The Kier molecular flexibility index (Phi) is 4.03. The van der Waals surface area contributed by atoms with Crippen molar-refractivity contribution in [1.29, 1.82) is 0 Å². The zero-order valence-corrected chi connectivity index (χ0v) is 7.22. The molecular formula is C6H12N2O4. The molecule has 0 aromatic rings. The van der Waals surface area contributed by atoms with E-state index < -0.39 is 12.0 Å². The second kappa shape index (κ2) is 4.53. The van der Waals surface area contributed by atoms with Gasteiger partial charge in [0.25, 0.3) is 6.04 Å². The molecule has 1 atom stereocenters. The number of hydrogen-bond acceptors (Lipinski definition) is 4. The average Bonchev–Trinajstić information content (AvgIpc) is 1.85. The summed E-state index contributed by atoms with van der Waals surface area (Å²) in [5, 5.41) is 22.4. The zero-order chi connectivity index (χ0) is 9.72. The molecule has 0 aromatic carbocycles. The highest BCUT2D eigenvalue weighted by Gasteiger charge is 2.31. The van der Waals surface area contributed by atoms with Gasteiger partial charge in [0, 0.05) is 5.92 Å². The minimum absolute atomic E-state index is 0.0486. The van der Waals surface area contributed by atoms with Crippen molar-refractivity contribution in [1.82, 2.24) is 0 Å². The molecule has 0 saturated heterocycles. The maximum atomic E-state index is 10.9. The van der Waals surface area contributed by atoms with Crippen LogP contribution in [0.15, 0.2) is 5.28 Å². The van der Waals surface area contributed by atoms with Crippen molar-refractivity contribution in [2.75, 3.05) is 7.11 Å². The molecule has 0 aliphatic carbocycles. The van der Waals surface area contributed by atoms with E-state index >= 15 is 0 Å². The summed E-state index contributed by atoms with van der Waals surface area (Å²) in [6.45, 7) is 3.24. The summed E-state index contributed by atoms with van der Waals surface area (Å²) < 4.78 is 0. The quantitative estimate of drug-likeness (QED) is 0.386. The van der Waals surface area contributed by atoms with Gasteiger partial charge in [-0.15, -0.1) is 0 Å². The van der Waals surface area contributed by atoms with Gasteiger partial charge in [-0.25, -0.2) is 4.79 Å². The van der Waals surface area contributed by atoms with Crippen molar-refractivity contribution in [3.05, 3.63) is 5.21 Å². The normalized spacial score (nSPS) is 14.5. The molecule has 0 fully saturated rings. The molecule has 0 aromatic heterocycles. The molecule has 0 spiro atoms. The van der Waals surface area contributed by atoms with Gasteiger partial charge in [-0.3, -0.25) is 0 Å².